The summed E-state index contributed by atoms with van der Waals surface area (Å²) < 4.78 is 40.4. The maximum absolute atomic E-state index is 12.1. The number of rotatable bonds is 11. The lowest BCUT2D eigenvalue weighted by Gasteiger charge is -2.19. The van der Waals surface area contributed by atoms with Gasteiger partial charge < -0.3 is 14.8 Å². The normalized spacial score (nSPS) is 11.9. The SMILES string of the molecule is Cc1ccc(S(=O)(=O)OCCCOc2ccc(NC(=O)CCOC(C)(C)C)cc2)cc1. The second kappa shape index (κ2) is 11.3. The van der Waals surface area contributed by atoms with Crippen molar-refractivity contribution in [3.05, 3.63) is 54.1 Å². The summed E-state index contributed by atoms with van der Waals surface area (Å²) in [6.45, 7) is 8.41. The lowest BCUT2D eigenvalue weighted by atomic mass is 10.2. The molecule has 31 heavy (non-hydrogen) atoms. The molecule has 0 radical (unpaired) electrons. The van der Waals surface area contributed by atoms with Gasteiger partial charge in [-0.3, -0.25) is 8.98 Å². The Morgan fingerprint density at radius 3 is 2.19 bits per heavy atom. The maximum atomic E-state index is 12.1. The van der Waals surface area contributed by atoms with Gasteiger partial charge in [0.2, 0.25) is 5.91 Å². The highest BCUT2D eigenvalue weighted by Gasteiger charge is 2.14. The van der Waals surface area contributed by atoms with E-state index in [0.29, 0.717) is 31.1 Å². The average molecular weight is 450 g/mol. The highest BCUT2D eigenvalue weighted by atomic mass is 32.2. The third-order valence-corrected chi connectivity index (χ3v) is 5.43. The van der Waals surface area contributed by atoms with Crippen molar-refractivity contribution in [1.29, 1.82) is 0 Å². The zero-order valence-electron chi connectivity index (χ0n) is 18.5. The van der Waals surface area contributed by atoms with Gasteiger partial charge in [0, 0.05) is 12.1 Å². The van der Waals surface area contributed by atoms with Gasteiger partial charge in [-0.2, -0.15) is 8.42 Å². The molecule has 0 saturated carbocycles. The van der Waals surface area contributed by atoms with Crippen molar-refractivity contribution in [1.82, 2.24) is 0 Å². The summed E-state index contributed by atoms with van der Waals surface area (Å²) in [6.07, 6.45) is 0.693. The summed E-state index contributed by atoms with van der Waals surface area (Å²) in [5, 5.41) is 2.81. The van der Waals surface area contributed by atoms with Crippen molar-refractivity contribution >= 4 is 21.7 Å². The van der Waals surface area contributed by atoms with Crippen LogP contribution in [0.1, 0.15) is 39.2 Å². The van der Waals surface area contributed by atoms with Gasteiger partial charge in [0.1, 0.15) is 5.75 Å². The van der Waals surface area contributed by atoms with Crippen molar-refractivity contribution in [3.63, 3.8) is 0 Å². The van der Waals surface area contributed by atoms with E-state index in [0.717, 1.165) is 5.56 Å². The number of benzene rings is 2. The molecule has 0 aliphatic heterocycles. The molecular weight excluding hydrogens is 418 g/mol. The van der Waals surface area contributed by atoms with Crippen LogP contribution in [0.2, 0.25) is 0 Å². The molecule has 0 unspecified atom stereocenters. The molecule has 0 saturated heterocycles. The predicted octanol–water partition coefficient (Wildman–Crippen LogP) is 4.31. The van der Waals surface area contributed by atoms with Crippen LogP contribution in [-0.2, 0) is 23.8 Å². The second-order valence-corrected chi connectivity index (χ2v) is 9.69. The molecule has 170 valence electrons. The number of nitrogens with one attached hydrogen (secondary N) is 1. The van der Waals surface area contributed by atoms with E-state index in [2.05, 4.69) is 5.32 Å². The molecule has 0 aliphatic carbocycles. The van der Waals surface area contributed by atoms with E-state index in [1.165, 1.54) is 12.1 Å². The largest absolute Gasteiger partial charge is 0.494 e. The van der Waals surface area contributed by atoms with Crippen molar-refractivity contribution in [2.24, 2.45) is 0 Å². The number of amides is 1. The minimum absolute atomic E-state index is 0.0288. The molecule has 0 atom stereocenters. The van der Waals surface area contributed by atoms with E-state index in [9.17, 15) is 13.2 Å². The van der Waals surface area contributed by atoms with E-state index >= 15 is 0 Å². The standard InChI is InChI=1S/C23H31NO6S/c1-18-6-12-21(13-7-18)31(26,27)30-16-5-15-28-20-10-8-19(9-11-20)24-22(25)14-17-29-23(2,3)4/h6-13H,5,14-17H2,1-4H3,(H,24,25). The lowest BCUT2D eigenvalue weighted by molar-refractivity contribution is -0.118. The Morgan fingerprint density at radius 2 is 1.58 bits per heavy atom. The number of hydrogen-bond acceptors (Lipinski definition) is 6. The van der Waals surface area contributed by atoms with Gasteiger partial charge in [-0.1, -0.05) is 17.7 Å². The number of hydrogen-bond donors (Lipinski definition) is 1. The molecule has 0 aliphatic rings. The molecule has 0 spiro atoms. The van der Waals surface area contributed by atoms with Crippen molar-refractivity contribution < 1.29 is 26.9 Å². The van der Waals surface area contributed by atoms with Gasteiger partial charge in [-0.05, 0) is 64.1 Å². The highest BCUT2D eigenvalue weighted by molar-refractivity contribution is 7.86. The summed E-state index contributed by atoms with van der Waals surface area (Å²) in [5.74, 6) is 0.500. The fourth-order valence-corrected chi connectivity index (χ4v) is 3.44. The van der Waals surface area contributed by atoms with Crippen LogP contribution in [0.15, 0.2) is 53.4 Å². The van der Waals surface area contributed by atoms with Crippen LogP contribution >= 0.6 is 0 Å². The molecule has 0 heterocycles. The summed E-state index contributed by atoms with van der Waals surface area (Å²) in [6, 6.07) is 13.5. The van der Waals surface area contributed by atoms with Gasteiger partial charge in [-0.15, -0.1) is 0 Å². The summed E-state index contributed by atoms with van der Waals surface area (Å²) >= 11 is 0. The second-order valence-electron chi connectivity index (χ2n) is 8.07. The molecule has 2 rings (SSSR count). The molecule has 2 aromatic rings. The van der Waals surface area contributed by atoms with Crippen LogP contribution in [-0.4, -0.2) is 39.7 Å². The fraction of sp³-hybridized carbons (Fsp3) is 0.435. The number of aryl methyl sites for hydroxylation is 1. The van der Waals surface area contributed by atoms with Crippen LogP contribution < -0.4 is 10.1 Å². The topological polar surface area (TPSA) is 90.9 Å². The molecule has 0 fully saturated rings. The number of ether oxygens (including phenoxy) is 2. The van der Waals surface area contributed by atoms with Crippen LogP contribution in [0.5, 0.6) is 5.75 Å². The summed E-state index contributed by atoms with van der Waals surface area (Å²) in [5.41, 5.74) is 1.38. The van der Waals surface area contributed by atoms with E-state index < -0.39 is 10.1 Å². The monoisotopic (exact) mass is 449 g/mol. The first kappa shape index (κ1) is 24.8. The first-order valence-electron chi connectivity index (χ1n) is 10.2. The first-order chi connectivity index (χ1) is 14.5. The molecule has 7 nitrogen and oxygen atoms in total. The maximum Gasteiger partial charge on any atom is 0.296 e. The van der Waals surface area contributed by atoms with Gasteiger partial charge in [-0.25, -0.2) is 0 Å². The van der Waals surface area contributed by atoms with E-state index in [1.807, 2.05) is 27.7 Å². The zero-order chi connectivity index (χ0) is 22.9. The molecule has 8 heteroatoms. The van der Waals surface area contributed by atoms with Crippen LogP contribution in [0.25, 0.3) is 0 Å². The Kier molecular flexibility index (Phi) is 9.03. The molecular formula is C23H31NO6S. The lowest BCUT2D eigenvalue weighted by Crippen LogP contribution is -2.22. The van der Waals surface area contributed by atoms with Gasteiger partial charge in [0.05, 0.1) is 36.7 Å². The van der Waals surface area contributed by atoms with Crippen molar-refractivity contribution in [2.75, 3.05) is 25.1 Å². The third-order valence-electron chi connectivity index (χ3n) is 4.11. The number of anilines is 1. The van der Waals surface area contributed by atoms with Crippen LogP contribution in [0.3, 0.4) is 0 Å². The van der Waals surface area contributed by atoms with Gasteiger partial charge in [0.25, 0.3) is 10.1 Å². The van der Waals surface area contributed by atoms with Crippen molar-refractivity contribution in [3.8, 4) is 5.75 Å². The number of carbonyl (C=O) groups is 1. The minimum Gasteiger partial charge on any atom is -0.494 e. The zero-order valence-corrected chi connectivity index (χ0v) is 19.3. The molecule has 0 aromatic heterocycles. The van der Waals surface area contributed by atoms with Gasteiger partial charge >= 0.3 is 0 Å². The summed E-state index contributed by atoms with van der Waals surface area (Å²) in [4.78, 5) is 12.1. The Bertz CT molecular complexity index is 932. The van der Waals surface area contributed by atoms with E-state index in [-0.39, 0.29) is 29.4 Å². The Balaban J connectivity index is 1.68. The molecule has 2 aromatic carbocycles. The smallest absolute Gasteiger partial charge is 0.296 e. The molecule has 1 N–H and O–H groups in total. The molecule has 0 bridgehead atoms. The Morgan fingerprint density at radius 1 is 0.935 bits per heavy atom. The number of carbonyl (C=O) groups excluding carboxylic acids is 1. The Labute approximate surface area is 184 Å². The van der Waals surface area contributed by atoms with E-state index in [4.69, 9.17) is 13.7 Å². The third kappa shape index (κ3) is 9.50. The first-order valence-corrected chi connectivity index (χ1v) is 11.6. The summed E-state index contributed by atoms with van der Waals surface area (Å²) in [7, 11) is -3.76. The fourth-order valence-electron chi connectivity index (χ4n) is 2.50. The Hall–Kier alpha value is -2.42. The predicted molar refractivity (Wildman–Crippen MR) is 120 cm³/mol. The molecule has 1 amide bonds. The van der Waals surface area contributed by atoms with Crippen LogP contribution in [0.4, 0.5) is 5.69 Å². The average Bonchev–Trinajstić information content (AvgIpc) is 2.68. The van der Waals surface area contributed by atoms with Crippen LogP contribution in [0, 0.1) is 6.92 Å². The van der Waals surface area contributed by atoms with Crippen molar-refractivity contribution in [2.45, 2.75) is 51.0 Å². The minimum atomic E-state index is -3.76. The highest BCUT2D eigenvalue weighted by Crippen LogP contribution is 2.17. The quantitative estimate of drug-likeness (QED) is 0.406. The van der Waals surface area contributed by atoms with Gasteiger partial charge in [0.15, 0.2) is 0 Å². The van der Waals surface area contributed by atoms with E-state index in [1.54, 1.807) is 36.4 Å².